The standard InChI is InChI=1S/C11H25IN2O2/c1-3-6-9(2)13-11(15)10(14-16)7-4-5-8-12/h9-11,13-16H,3-8H2,1-2H3/t9-,10-,11?/m1/s1. The Morgan fingerprint density at radius 2 is 1.94 bits per heavy atom. The van der Waals surface area contributed by atoms with E-state index in [1.807, 2.05) is 6.92 Å². The highest BCUT2D eigenvalue weighted by Crippen LogP contribution is 2.07. The maximum absolute atomic E-state index is 9.87. The number of hydrogen-bond donors (Lipinski definition) is 4. The molecule has 0 heterocycles. The minimum absolute atomic E-state index is 0.276. The monoisotopic (exact) mass is 344 g/mol. The molecule has 0 aromatic rings. The summed E-state index contributed by atoms with van der Waals surface area (Å²) in [5.74, 6) is 0. The van der Waals surface area contributed by atoms with Crippen LogP contribution in [0.5, 0.6) is 0 Å². The number of unbranched alkanes of at least 4 members (excludes halogenated alkanes) is 1. The van der Waals surface area contributed by atoms with E-state index in [1.54, 1.807) is 0 Å². The summed E-state index contributed by atoms with van der Waals surface area (Å²) in [5, 5.41) is 21.9. The van der Waals surface area contributed by atoms with E-state index in [0.29, 0.717) is 0 Å². The van der Waals surface area contributed by atoms with Crippen molar-refractivity contribution in [3.05, 3.63) is 0 Å². The van der Waals surface area contributed by atoms with Crippen molar-refractivity contribution >= 4 is 22.6 Å². The van der Waals surface area contributed by atoms with Crippen LogP contribution in [0.15, 0.2) is 0 Å². The molecule has 0 fully saturated rings. The number of hydroxylamine groups is 1. The fraction of sp³-hybridized carbons (Fsp3) is 1.00. The zero-order chi connectivity index (χ0) is 12.4. The molecule has 0 aliphatic rings. The molecule has 98 valence electrons. The average Bonchev–Trinajstić information content (AvgIpc) is 2.24. The lowest BCUT2D eigenvalue weighted by Gasteiger charge is -2.25. The molecule has 0 aliphatic carbocycles. The molecule has 4 N–H and O–H groups in total. The first-order valence-electron chi connectivity index (χ1n) is 6.05. The van der Waals surface area contributed by atoms with Crippen LogP contribution in [0.1, 0.15) is 46.0 Å². The Balaban J connectivity index is 3.84. The minimum Gasteiger partial charge on any atom is -0.377 e. The van der Waals surface area contributed by atoms with Crippen LogP contribution >= 0.6 is 22.6 Å². The van der Waals surface area contributed by atoms with Crippen molar-refractivity contribution in [2.24, 2.45) is 0 Å². The van der Waals surface area contributed by atoms with Crippen molar-refractivity contribution in [1.29, 1.82) is 0 Å². The summed E-state index contributed by atoms with van der Waals surface area (Å²) in [5.41, 5.74) is 2.19. The van der Waals surface area contributed by atoms with Gasteiger partial charge in [0.25, 0.3) is 0 Å². The molecule has 4 nitrogen and oxygen atoms in total. The smallest absolute Gasteiger partial charge is 0.122 e. The Morgan fingerprint density at radius 3 is 2.44 bits per heavy atom. The summed E-state index contributed by atoms with van der Waals surface area (Å²) in [6.07, 6.45) is 4.36. The minimum atomic E-state index is -0.680. The lowest BCUT2D eigenvalue weighted by atomic mass is 10.1. The molecule has 0 aliphatic heterocycles. The Bertz CT molecular complexity index is 161. The van der Waals surface area contributed by atoms with E-state index >= 15 is 0 Å². The second-order valence-corrected chi connectivity index (χ2v) is 5.30. The van der Waals surface area contributed by atoms with Crippen LogP contribution in [0.2, 0.25) is 0 Å². The molecule has 5 heteroatoms. The molecule has 0 rings (SSSR count). The highest BCUT2D eigenvalue weighted by Gasteiger charge is 2.19. The van der Waals surface area contributed by atoms with Gasteiger partial charge in [-0.2, -0.15) is 5.48 Å². The van der Waals surface area contributed by atoms with Gasteiger partial charge in [-0.3, -0.25) is 5.32 Å². The summed E-state index contributed by atoms with van der Waals surface area (Å²) in [6, 6.07) is 0.00248. The second kappa shape index (κ2) is 10.7. The van der Waals surface area contributed by atoms with E-state index in [-0.39, 0.29) is 12.1 Å². The first-order chi connectivity index (χ1) is 7.65. The molecule has 0 bridgehead atoms. The number of rotatable bonds is 10. The van der Waals surface area contributed by atoms with Crippen molar-refractivity contribution in [1.82, 2.24) is 10.8 Å². The van der Waals surface area contributed by atoms with Gasteiger partial charge in [-0.25, -0.2) is 0 Å². The van der Waals surface area contributed by atoms with Crippen LogP contribution in [0.3, 0.4) is 0 Å². The lowest BCUT2D eigenvalue weighted by Crippen LogP contribution is -2.49. The van der Waals surface area contributed by atoms with Crippen molar-refractivity contribution in [3.63, 3.8) is 0 Å². The first kappa shape index (κ1) is 16.6. The molecule has 3 atom stereocenters. The van der Waals surface area contributed by atoms with E-state index in [0.717, 1.165) is 36.5 Å². The predicted molar refractivity (Wildman–Crippen MR) is 75.0 cm³/mol. The maximum atomic E-state index is 9.87. The third-order valence-corrected chi connectivity index (χ3v) is 3.39. The Kier molecular flexibility index (Phi) is 11.1. The molecule has 0 saturated carbocycles. The van der Waals surface area contributed by atoms with Crippen LogP contribution < -0.4 is 10.8 Å². The zero-order valence-electron chi connectivity index (χ0n) is 10.2. The van der Waals surface area contributed by atoms with Crippen LogP contribution in [0, 0.1) is 0 Å². The fourth-order valence-electron chi connectivity index (χ4n) is 1.68. The third kappa shape index (κ3) is 7.78. The molecule has 0 radical (unpaired) electrons. The Morgan fingerprint density at radius 1 is 1.25 bits per heavy atom. The van der Waals surface area contributed by atoms with Gasteiger partial charge in [-0.05, 0) is 30.6 Å². The van der Waals surface area contributed by atoms with E-state index in [9.17, 15) is 5.11 Å². The fourth-order valence-corrected chi connectivity index (χ4v) is 2.22. The van der Waals surface area contributed by atoms with Crippen molar-refractivity contribution in [2.45, 2.75) is 64.3 Å². The van der Waals surface area contributed by atoms with Crippen LogP contribution in [-0.2, 0) is 0 Å². The summed E-state index contributed by atoms with van der Waals surface area (Å²) >= 11 is 2.33. The lowest BCUT2D eigenvalue weighted by molar-refractivity contribution is 0.0117. The van der Waals surface area contributed by atoms with Gasteiger partial charge in [-0.1, -0.05) is 42.4 Å². The highest BCUT2D eigenvalue weighted by molar-refractivity contribution is 14.1. The SMILES string of the molecule is CCC[C@@H](C)NC(O)[C@@H](CCCCI)NO. The van der Waals surface area contributed by atoms with Crippen molar-refractivity contribution < 1.29 is 10.3 Å². The molecule has 0 aromatic carbocycles. The van der Waals surface area contributed by atoms with Gasteiger partial charge < -0.3 is 10.3 Å². The van der Waals surface area contributed by atoms with E-state index in [4.69, 9.17) is 5.21 Å². The van der Waals surface area contributed by atoms with Crippen molar-refractivity contribution in [2.75, 3.05) is 4.43 Å². The molecule has 1 unspecified atom stereocenters. The molecular formula is C11H25IN2O2. The van der Waals surface area contributed by atoms with Gasteiger partial charge in [0.2, 0.25) is 0 Å². The largest absolute Gasteiger partial charge is 0.377 e. The van der Waals surface area contributed by atoms with Crippen LogP contribution in [0.4, 0.5) is 0 Å². The third-order valence-electron chi connectivity index (χ3n) is 2.62. The molecule has 16 heavy (non-hydrogen) atoms. The van der Waals surface area contributed by atoms with E-state index in [1.165, 1.54) is 0 Å². The molecule has 0 spiro atoms. The number of alkyl halides is 1. The Labute approximate surface area is 112 Å². The number of hydrogen-bond acceptors (Lipinski definition) is 4. The zero-order valence-corrected chi connectivity index (χ0v) is 12.4. The molecule has 0 saturated heterocycles. The Hall–Kier alpha value is 0.570. The summed E-state index contributed by atoms with van der Waals surface area (Å²) < 4.78 is 1.12. The van der Waals surface area contributed by atoms with Gasteiger partial charge in [0, 0.05) is 6.04 Å². The predicted octanol–water partition coefficient (Wildman–Crippen LogP) is 2.04. The number of aliphatic hydroxyl groups excluding tert-OH is 1. The molecule has 0 aromatic heterocycles. The first-order valence-corrected chi connectivity index (χ1v) is 7.57. The van der Waals surface area contributed by atoms with Crippen LogP contribution in [0.25, 0.3) is 0 Å². The summed E-state index contributed by atoms with van der Waals surface area (Å²) in [4.78, 5) is 0. The number of aliphatic hydroxyl groups is 1. The van der Waals surface area contributed by atoms with E-state index in [2.05, 4.69) is 40.3 Å². The number of halogens is 1. The topological polar surface area (TPSA) is 64.5 Å². The van der Waals surface area contributed by atoms with Crippen LogP contribution in [-0.4, -0.2) is 33.1 Å². The van der Waals surface area contributed by atoms with Gasteiger partial charge >= 0.3 is 0 Å². The average molecular weight is 344 g/mol. The second-order valence-electron chi connectivity index (χ2n) is 4.22. The highest BCUT2D eigenvalue weighted by atomic mass is 127. The molecular weight excluding hydrogens is 319 g/mol. The van der Waals surface area contributed by atoms with E-state index < -0.39 is 6.23 Å². The van der Waals surface area contributed by atoms with Gasteiger partial charge in [0.05, 0.1) is 6.04 Å². The maximum Gasteiger partial charge on any atom is 0.122 e. The van der Waals surface area contributed by atoms with Gasteiger partial charge in [0.15, 0.2) is 0 Å². The normalized spacial score (nSPS) is 17.1. The molecule has 0 amide bonds. The number of nitrogens with one attached hydrogen (secondary N) is 2. The van der Waals surface area contributed by atoms with Gasteiger partial charge in [0.1, 0.15) is 6.23 Å². The van der Waals surface area contributed by atoms with Crippen molar-refractivity contribution in [3.8, 4) is 0 Å². The summed E-state index contributed by atoms with van der Waals surface area (Å²) in [7, 11) is 0. The summed E-state index contributed by atoms with van der Waals surface area (Å²) in [6.45, 7) is 4.17. The quantitative estimate of drug-likeness (QED) is 0.161. The van der Waals surface area contributed by atoms with Gasteiger partial charge in [-0.15, -0.1) is 0 Å².